The van der Waals surface area contributed by atoms with Crippen LogP contribution in [0.5, 0.6) is 5.75 Å². The maximum Gasteiger partial charge on any atom is 0.265 e. The van der Waals surface area contributed by atoms with Gasteiger partial charge in [0, 0.05) is 5.56 Å². The second kappa shape index (κ2) is 6.57. The SMILES string of the molecule is CN(C)CCCOP1Oc2ccccc2-c2ccccc21. The van der Waals surface area contributed by atoms with Gasteiger partial charge >= 0.3 is 0 Å². The molecule has 4 heteroatoms. The van der Waals surface area contributed by atoms with E-state index in [9.17, 15) is 0 Å². The van der Waals surface area contributed by atoms with Gasteiger partial charge in [0.05, 0.1) is 11.9 Å². The van der Waals surface area contributed by atoms with Crippen LogP contribution in [-0.4, -0.2) is 32.1 Å². The van der Waals surface area contributed by atoms with Gasteiger partial charge in [-0.2, -0.15) is 0 Å². The number of nitrogens with zero attached hydrogens (tertiary/aromatic N) is 1. The zero-order valence-electron chi connectivity index (χ0n) is 12.5. The molecule has 2 aromatic rings. The van der Waals surface area contributed by atoms with Gasteiger partial charge in [0.2, 0.25) is 0 Å². The summed E-state index contributed by atoms with van der Waals surface area (Å²) in [6.45, 7) is 1.75. The van der Waals surface area contributed by atoms with Crippen LogP contribution in [0.2, 0.25) is 0 Å². The molecule has 1 heterocycles. The molecule has 0 amide bonds. The van der Waals surface area contributed by atoms with E-state index in [4.69, 9.17) is 9.05 Å². The first-order valence-electron chi connectivity index (χ1n) is 7.20. The fourth-order valence-corrected chi connectivity index (χ4v) is 3.91. The highest BCUT2D eigenvalue weighted by atomic mass is 31.2. The minimum Gasteiger partial charge on any atom is -0.443 e. The van der Waals surface area contributed by atoms with Crippen LogP contribution in [-0.2, 0) is 4.52 Å². The van der Waals surface area contributed by atoms with Crippen molar-refractivity contribution in [1.29, 1.82) is 0 Å². The summed E-state index contributed by atoms with van der Waals surface area (Å²) in [6.07, 6.45) is 1.01. The Hall–Kier alpha value is -1.41. The Balaban J connectivity index is 1.78. The molecule has 0 saturated carbocycles. The zero-order chi connectivity index (χ0) is 14.7. The van der Waals surface area contributed by atoms with E-state index in [1.54, 1.807) is 0 Å². The van der Waals surface area contributed by atoms with Gasteiger partial charge < -0.3 is 13.9 Å². The van der Waals surface area contributed by atoms with E-state index in [1.807, 2.05) is 18.2 Å². The third-order valence-corrected chi connectivity index (χ3v) is 4.98. The van der Waals surface area contributed by atoms with Gasteiger partial charge in [0.1, 0.15) is 5.75 Å². The normalized spacial score (nSPS) is 16.2. The van der Waals surface area contributed by atoms with E-state index in [2.05, 4.69) is 49.3 Å². The lowest BCUT2D eigenvalue weighted by atomic mass is 10.0. The number of benzene rings is 2. The van der Waals surface area contributed by atoms with Gasteiger partial charge in [-0.25, -0.2) is 0 Å². The maximum absolute atomic E-state index is 6.09. The fourth-order valence-electron chi connectivity index (χ4n) is 2.39. The van der Waals surface area contributed by atoms with Crippen molar-refractivity contribution in [2.75, 3.05) is 27.2 Å². The average Bonchev–Trinajstić information content (AvgIpc) is 2.51. The Morgan fingerprint density at radius 2 is 1.71 bits per heavy atom. The molecule has 0 saturated heterocycles. The molecule has 1 aliphatic heterocycles. The van der Waals surface area contributed by atoms with Crippen molar-refractivity contribution in [1.82, 2.24) is 4.90 Å². The van der Waals surface area contributed by atoms with E-state index >= 15 is 0 Å². The fraction of sp³-hybridized carbons (Fsp3) is 0.294. The lowest BCUT2D eigenvalue weighted by molar-refractivity contribution is 0.285. The van der Waals surface area contributed by atoms with E-state index in [0.717, 1.165) is 30.9 Å². The lowest BCUT2D eigenvalue weighted by Crippen LogP contribution is -2.18. The monoisotopic (exact) mass is 301 g/mol. The predicted molar refractivity (Wildman–Crippen MR) is 88.2 cm³/mol. The molecule has 1 unspecified atom stereocenters. The van der Waals surface area contributed by atoms with Crippen LogP contribution in [0.15, 0.2) is 48.5 Å². The largest absolute Gasteiger partial charge is 0.443 e. The summed E-state index contributed by atoms with van der Waals surface area (Å²) in [7, 11) is 3.13. The molecular formula is C17H20NO2P. The number of para-hydroxylation sites is 1. The van der Waals surface area contributed by atoms with Crippen LogP contribution < -0.4 is 9.83 Å². The molecule has 1 aliphatic rings. The average molecular weight is 301 g/mol. The topological polar surface area (TPSA) is 21.7 Å². The highest BCUT2D eigenvalue weighted by Gasteiger charge is 2.27. The molecule has 0 fully saturated rings. The van der Waals surface area contributed by atoms with Gasteiger partial charge in [-0.05, 0) is 44.8 Å². The summed E-state index contributed by atoms with van der Waals surface area (Å²) in [5.41, 5.74) is 2.39. The molecular weight excluding hydrogens is 281 g/mol. The molecule has 0 spiro atoms. The van der Waals surface area contributed by atoms with Crippen LogP contribution in [0.3, 0.4) is 0 Å². The molecule has 3 rings (SSSR count). The van der Waals surface area contributed by atoms with Crippen molar-refractivity contribution >= 4 is 13.7 Å². The first-order chi connectivity index (χ1) is 10.3. The molecule has 1 atom stereocenters. The second-order valence-electron chi connectivity index (χ2n) is 5.35. The maximum atomic E-state index is 6.09. The van der Waals surface area contributed by atoms with Crippen molar-refractivity contribution in [2.45, 2.75) is 6.42 Å². The van der Waals surface area contributed by atoms with Crippen LogP contribution in [0.4, 0.5) is 0 Å². The van der Waals surface area contributed by atoms with E-state index in [1.165, 1.54) is 10.9 Å². The van der Waals surface area contributed by atoms with Crippen LogP contribution in [0.25, 0.3) is 11.1 Å². The summed E-state index contributed by atoms with van der Waals surface area (Å²) in [6, 6.07) is 16.6. The van der Waals surface area contributed by atoms with Crippen molar-refractivity contribution in [3.05, 3.63) is 48.5 Å². The number of rotatable bonds is 5. The summed E-state index contributed by atoms with van der Waals surface area (Å²) in [4.78, 5) is 2.17. The van der Waals surface area contributed by atoms with Gasteiger partial charge in [-0.1, -0.05) is 36.4 Å². The zero-order valence-corrected chi connectivity index (χ0v) is 13.3. The Morgan fingerprint density at radius 1 is 1.00 bits per heavy atom. The molecule has 21 heavy (non-hydrogen) atoms. The Labute approximate surface area is 127 Å². The van der Waals surface area contributed by atoms with Crippen molar-refractivity contribution < 1.29 is 9.05 Å². The van der Waals surface area contributed by atoms with Crippen LogP contribution >= 0.6 is 8.38 Å². The molecule has 0 aliphatic carbocycles. The standard InChI is InChI=1S/C17H20NO2P/c1-18(2)12-7-13-19-21-17-11-6-4-9-15(17)14-8-3-5-10-16(14)20-21/h3-6,8-11H,7,12-13H2,1-2H3. The quantitative estimate of drug-likeness (QED) is 0.621. The minimum atomic E-state index is -1.02. The Bertz CT molecular complexity index is 615. The number of fused-ring (bicyclic) bond motifs is 3. The Morgan fingerprint density at radius 3 is 2.52 bits per heavy atom. The van der Waals surface area contributed by atoms with Crippen molar-refractivity contribution in [3.8, 4) is 16.9 Å². The van der Waals surface area contributed by atoms with Gasteiger partial charge in [0.25, 0.3) is 8.38 Å². The third-order valence-electron chi connectivity index (χ3n) is 3.42. The Kier molecular flexibility index (Phi) is 4.54. The van der Waals surface area contributed by atoms with Crippen molar-refractivity contribution in [2.24, 2.45) is 0 Å². The minimum absolute atomic E-state index is 0.723. The second-order valence-corrected chi connectivity index (χ2v) is 6.79. The van der Waals surface area contributed by atoms with E-state index < -0.39 is 8.38 Å². The highest BCUT2D eigenvalue weighted by Crippen LogP contribution is 2.49. The molecule has 0 aromatic heterocycles. The number of hydrogen-bond donors (Lipinski definition) is 0. The van der Waals surface area contributed by atoms with Gasteiger partial charge in [-0.15, -0.1) is 0 Å². The predicted octanol–water partition coefficient (Wildman–Crippen LogP) is 3.65. The summed E-state index contributed by atoms with van der Waals surface area (Å²) in [5.74, 6) is 0.926. The number of hydrogen-bond acceptors (Lipinski definition) is 3. The lowest BCUT2D eigenvalue weighted by Gasteiger charge is -2.27. The molecule has 110 valence electrons. The smallest absolute Gasteiger partial charge is 0.265 e. The first-order valence-corrected chi connectivity index (χ1v) is 8.37. The van der Waals surface area contributed by atoms with Gasteiger partial charge in [0.15, 0.2) is 0 Å². The van der Waals surface area contributed by atoms with Crippen LogP contribution in [0, 0.1) is 0 Å². The summed E-state index contributed by atoms with van der Waals surface area (Å²) < 4.78 is 12.1. The van der Waals surface area contributed by atoms with Crippen LogP contribution in [0.1, 0.15) is 6.42 Å². The molecule has 0 N–H and O–H groups in total. The van der Waals surface area contributed by atoms with Gasteiger partial charge in [-0.3, -0.25) is 0 Å². The molecule has 0 bridgehead atoms. The summed E-state index contributed by atoms with van der Waals surface area (Å²) in [5, 5.41) is 1.18. The van der Waals surface area contributed by atoms with E-state index in [0.29, 0.717) is 0 Å². The first kappa shape index (κ1) is 14.5. The molecule has 0 radical (unpaired) electrons. The van der Waals surface area contributed by atoms with Crippen molar-refractivity contribution in [3.63, 3.8) is 0 Å². The molecule has 3 nitrogen and oxygen atoms in total. The third kappa shape index (κ3) is 3.26. The van der Waals surface area contributed by atoms with E-state index in [-0.39, 0.29) is 0 Å². The molecule has 2 aromatic carbocycles. The summed E-state index contributed by atoms with van der Waals surface area (Å²) >= 11 is 0. The highest BCUT2D eigenvalue weighted by molar-refractivity contribution is 7.56.